The molecule has 0 fully saturated rings. The largest absolute Gasteiger partial charge is 0.324 e. The molecule has 7 heteroatoms. The fourth-order valence-corrected chi connectivity index (χ4v) is 2.67. The van der Waals surface area contributed by atoms with Crippen molar-refractivity contribution in [2.75, 3.05) is 5.32 Å². The van der Waals surface area contributed by atoms with Crippen LogP contribution < -0.4 is 16.4 Å². The number of amides is 1. The van der Waals surface area contributed by atoms with Crippen molar-refractivity contribution >= 4 is 38.3 Å². The van der Waals surface area contributed by atoms with Gasteiger partial charge in [-0.1, -0.05) is 34.1 Å². The number of benzene rings is 2. The first-order valence-corrected chi connectivity index (χ1v) is 7.61. The molecule has 1 aromatic heterocycles. The summed E-state index contributed by atoms with van der Waals surface area (Å²) in [5, 5.41) is 5.69. The first-order chi connectivity index (χ1) is 11.0. The molecule has 2 aromatic carbocycles. The lowest BCUT2D eigenvalue weighted by Gasteiger charge is -2.08. The molecule has 0 saturated heterocycles. The van der Waals surface area contributed by atoms with Gasteiger partial charge in [0.15, 0.2) is 0 Å². The van der Waals surface area contributed by atoms with E-state index in [-0.39, 0.29) is 11.9 Å². The van der Waals surface area contributed by atoms with Gasteiger partial charge in [-0.15, -0.1) is 0 Å². The number of carbonyl (C=O) groups is 1. The Morgan fingerprint density at radius 3 is 2.57 bits per heavy atom. The van der Waals surface area contributed by atoms with Gasteiger partial charge in [-0.05, 0) is 30.3 Å². The number of nitrogens with one attached hydrogen (secondary N) is 2. The number of aromatic nitrogens is 2. The van der Waals surface area contributed by atoms with Crippen molar-refractivity contribution in [1.82, 2.24) is 9.78 Å². The van der Waals surface area contributed by atoms with Gasteiger partial charge in [-0.3, -0.25) is 19.5 Å². The third-order valence-electron chi connectivity index (χ3n) is 3.29. The smallest absolute Gasteiger partial charge is 0.273 e. The third kappa shape index (κ3) is 3.24. The molecule has 0 spiro atoms. The topological polar surface area (TPSA) is 84.0 Å². The highest BCUT2D eigenvalue weighted by Crippen LogP contribution is 2.15. The molecule has 1 heterocycles. The molecule has 0 aliphatic carbocycles. The molecule has 0 atom stereocenters. The lowest BCUT2D eigenvalue weighted by molar-refractivity contribution is -0.117. The van der Waals surface area contributed by atoms with E-state index in [1.807, 2.05) is 6.07 Å². The highest BCUT2D eigenvalue weighted by atomic mass is 79.9. The number of halogens is 1. The van der Waals surface area contributed by atoms with Crippen LogP contribution in [0.3, 0.4) is 0 Å². The molecule has 6 nitrogen and oxygen atoms in total. The number of hydrogen-bond acceptors (Lipinski definition) is 3. The average molecular weight is 374 g/mol. The van der Waals surface area contributed by atoms with Gasteiger partial charge in [0.2, 0.25) is 5.91 Å². The monoisotopic (exact) mass is 373 g/mol. The van der Waals surface area contributed by atoms with Gasteiger partial charge in [0.25, 0.3) is 11.1 Å². The van der Waals surface area contributed by atoms with Crippen LogP contribution in [0.15, 0.2) is 62.6 Å². The van der Waals surface area contributed by atoms with E-state index in [9.17, 15) is 14.4 Å². The Morgan fingerprint density at radius 2 is 1.83 bits per heavy atom. The molecule has 1 amide bonds. The Morgan fingerprint density at radius 1 is 1.09 bits per heavy atom. The quantitative estimate of drug-likeness (QED) is 0.737. The molecule has 0 radical (unpaired) electrons. The molecule has 23 heavy (non-hydrogen) atoms. The minimum atomic E-state index is -0.412. The molecule has 0 saturated carbocycles. The number of rotatable bonds is 3. The van der Waals surface area contributed by atoms with E-state index < -0.39 is 17.0 Å². The Labute approximate surface area is 138 Å². The number of aromatic amines is 1. The lowest BCUT2D eigenvalue weighted by Crippen LogP contribution is -2.34. The molecule has 2 N–H and O–H groups in total. The Balaban J connectivity index is 1.90. The van der Waals surface area contributed by atoms with Crippen molar-refractivity contribution < 1.29 is 4.79 Å². The van der Waals surface area contributed by atoms with Crippen LogP contribution >= 0.6 is 15.9 Å². The van der Waals surface area contributed by atoms with Gasteiger partial charge in [0, 0.05) is 10.2 Å². The SMILES string of the molecule is O=C(Cn1[nH]c(=O)c2ccccc2c1=O)Nc1cccc(Br)c1. The van der Waals surface area contributed by atoms with Crippen molar-refractivity contribution in [2.24, 2.45) is 0 Å². The highest BCUT2D eigenvalue weighted by Gasteiger charge is 2.10. The van der Waals surface area contributed by atoms with E-state index in [0.717, 1.165) is 9.15 Å². The fraction of sp³-hybridized carbons (Fsp3) is 0.0625. The molecule has 0 aliphatic rings. The van der Waals surface area contributed by atoms with Gasteiger partial charge in [0.1, 0.15) is 6.54 Å². The van der Waals surface area contributed by atoms with Crippen LogP contribution in [0.4, 0.5) is 5.69 Å². The fourth-order valence-electron chi connectivity index (χ4n) is 2.27. The molecular weight excluding hydrogens is 362 g/mol. The van der Waals surface area contributed by atoms with E-state index in [0.29, 0.717) is 11.1 Å². The summed E-state index contributed by atoms with van der Waals surface area (Å²) in [5.41, 5.74) is -0.222. The molecule has 0 aliphatic heterocycles. The normalized spacial score (nSPS) is 10.7. The van der Waals surface area contributed by atoms with Crippen LogP contribution in [-0.2, 0) is 11.3 Å². The van der Waals surface area contributed by atoms with Crippen molar-refractivity contribution in [3.8, 4) is 0 Å². The Kier molecular flexibility index (Phi) is 4.12. The van der Waals surface area contributed by atoms with Crippen molar-refractivity contribution in [3.05, 3.63) is 73.7 Å². The minimum absolute atomic E-state index is 0.272. The van der Waals surface area contributed by atoms with E-state index in [1.54, 1.807) is 42.5 Å². The van der Waals surface area contributed by atoms with Gasteiger partial charge in [0.05, 0.1) is 10.8 Å². The second-order valence-electron chi connectivity index (χ2n) is 4.94. The van der Waals surface area contributed by atoms with Crippen LogP contribution in [0.5, 0.6) is 0 Å². The number of hydrogen-bond donors (Lipinski definition) is 2. The molecule has 3 rings (SSSR count). The maximum atomic E-state index is 12.3. The Hall–Kier alpha value is -2.67. The van der Waals surface area contributed by atoms with Crippen molar-refractivity contribution in [3.63, 3.8) is 0 Å². The lowest BCUT2D eigenvalue weighted by atomic mass is 10.2. The summed E-state index contributed by atoms with van der Waals surface area (Å²) in [6.07, 6.45) is 0. The standard InChI is InChI=1S/C16H12BrN3O3/c17-10-4-3-5-11(8-10)18-14(21)9-20-16(23)13-7-2-1-6-12(13)15(22)19-20/h1-8H,9H2,(H,18,21)(H,19,22). The van der Waals surface area contributed by atoms with Crippen LogP contribution in [0, 0.1) is 0 Å². The predicted molar refractivity (Wildman–Crippen MR) is 91.6 cm³/mol. The maximum absolute atomic E-state index is 12.3. The molecule has 116 valence electrons. The maximum Gasteiger partial charge on any atom is 0.273 e. The predicted octanol–water partition coefficient (Wildman–Crippen LogP) is 2.09. The summed E-state index contributed by atoms with van der Waals surface area (Å²) < 4.78 is 1.84. The molecule has 3 aromatic rings. The van der Waals surface area contributed by atoms with Gasteiger partial charge >= 0.3 is 0 Å². The van der Waals surface area contributed by atoms with E-state index in [1.165, 1.54) is 0 Å². The average Bonchev–Trinajstić information content (AvgIpc) is 2.52. The summed E-state index contributed by atoms with van der Waals surface area (Å²) in [6, 6.07) is 13.6. The van der Waals surface area contributed by atoms with Crippen LogP contribution in [-0.4, -0.2) is 15.7 Å². The highest BCUT2D eigenvalue weighted by molar-refractivity contribution is 9.10. The number of carbonyl (C=O) groups excluding carboxylic acids is 1. The second kappa shape index (κ2) is 6.21. The number of anilines is 1. The molecular formula is C16H12BrN3O3. The van der Waals surface area contributed by atoms with Gasteiger partial charge in [-0.2, -0.15) is 0 Å². The zero-order chi connectivity index (χ0) is 16.4. The molecule has 0 bridgehead atoms. The van der Waals surface area contributed by atoms with E-state index in [2.05, 4.69) is 26.3 Å². The minimum Gasteiger partial charge on any atom is -0.324 e. The Bertz CT molecular complexity index is 1010. The summed E-state index contributed by atoms with van der Waals surface area (Å²) in [4.78, 5) is 36.4. The molecule has 0 unspecified atom stereocenters. The first-order valence-electron chi connectivity index (χ1n) is 6.82. The zero-order valence-electron chi connectivity index (χ0n) is 11.9. The first kappa shape index (κ1) is 15.2. The van der Waals surface area contributed by atoms with Crippen molar-refractivity contribution in [1.29, 1.82) is 0 Å². The number of nitrogens with zero attached hydrogens (tertiary/aromatic N) is 1. The number of H-pyrrole nitrogens is 1. The van der Waals surface area contributed by atoms with Gasteiger partial charge < -0.3 is 5.32 Å². The number of fused-ring (bicyclic) bond motifs is 1. The summed E-state index contributed by atoms with van der Waals surface area (Å²) in [5.74, 6) is -0.406. The third-order valence-corrected chi connectivity index (χ3v) is 3.79. The van der Waals surface area contributed by atoms with Crippen LogP contribution in [0.1, 0.15) is 0 Å². The summed E-state index contributed by atoms with van der Waals surface area (Å²) >= 11 is 3.31. The summed E-state index contributed by atoms with van der Waals surface area (Å²) in [7, 11) is 0. The van der Waals surface area contributed by atoms with E-state index >= 15 is 0 Å². The van der Waals surface area contributed by atoms with Gasteiger partial charge in [-0.25, -0.2) is 4.68 Å². The zero-order valence-corrected chi connectivity index (χ0v) is 13.5. The summed E-state index contributed by atoms with van der Waals surface area (Å²) in [6.45, 7) is -0.272. The van der Waals surface area contributed by atoms with E-state index in [4.69, 9.17) is 0 Å². The van der Waals surface area contributed by atoms with Crippen LogP contribution in [0.2, 0.25) is 0 Å². The van der Waals surface area contributed by atoms with Crippen molar-refractivity contribution in [2.45, 2.75) is 6.54 Å². The van der Waals surface area contributed by atoms with Crippen LogP contribution in [0.25, 0.3) is 10.8 Å². The second-order valence-corrected chi connectivity index (χ2v) is 5.85.